The minimum atomic E-state index is -0.836. The zero-order valence-electron chi connectivity index (χ0n) is 10.9. The molecule has 1 aromatic rings. The second-order valence-electron chi connectivity index (χ2n) is 4.10. The molecule has 0 fully saturated rings. The van der Waals surface area contributed by atoms with Crippen LogP contribution in [0.15, 0.2) is 11.4 Å². The van der Waals surface area contributed by atoms with Crippen molar-refractivity contribution in [1.82, 2.24) is 5.32 Å². The summed E-state index contributed by atoms with van der Waals surface area (Å²) in [5.41, 5.74) is 0.566. The van der Waals surface area contributed by atoms with Crippen LogP contribution in [0.1, 0.15) is 28.6 Å². The van der Waals surface area contributed by atoms with Crippen molar-refractivity contribution in [2.45, 2.75) is 19.4 Å². The third kappa shape index (κ3) is 6.01. The zero-order valence-corrected chi connectivity index (χ0v) is 12.6. The van der Waals surface area contributed by atoms with Crippen molar-refractivity contribution < 1.29 is 14.1 Å². The standard InChI is InChI=1S/C13H17NO3S2/c1-10(5-7-19(2)17)14-13(16)11-8-12(18-9-11)4-3-6-15/h8-10,15H,5-7H2,1-2H3,(H,14,16). The lowest BCUT2D eigenvalue weighted by atomic mass is 10.2. The molecule has 0 saturated heterocycles. The van der Waals surface area contributed by atoms with E-state index < -0.39 is 10.8 Å². The monoisotopic (exact) mass is 299 g/mol. The fraction of sp³-hybridized carbons (Fsp3) is 0.462. The number of nitrogens with one attached hydrogen (secondary N) is 1. The van der Waals surface area contributed by atoms with Gasteiger partial charge >= 0.3 is 0 Å². The third-order valence-corrected chi connectivity index (χ3v) is 4.02. The number of amides is 1. The van der Waals surface area contributed by atoms with E-state index in [1.54, 1.807) is 17.7 Å². The minimum absolute atomic E-state index is 0.0109. The van der Waals surface area contributed by atoms with Crippen molar-refractivity contribution in [2.75, 3.05) is 18.6 Å². The molecule has 6 heteroatoms. The first-order valence-corrected chi connectivity index (χ1v) is 8.42. The van der Waals surface area contributed by atoms with Crippen LogP contribution in [0.25, 0.3) is 0 Å². The Kier molecular flexibility index (Phi) is 6.78. The van der Waals surface area contributed by atoms with Gasteiger partial charge in [0, 0.05) is 34.2 Å². The van der Waals surface area contributed by atoms with Gasteiger partial charge in [0.15, 0.2) is 0 Å². The summed E-state index contributed by atoms with van der Waals surface area (Å²) in [5.74, 6) is 5.73. The Labute approximate surface area is 119 Å². The number of carbonyl (C=O) groups excluding carboxylic acids is 1. The van der Waals surface area contributed by atoms with Gasteiger partial charge in [-0.3, -0.25) is 9.00 Å². The molecule has 0 bridgehead atoms. The molecule has 4 nitrogen and oxygen atoms in total. The summed E-state index contributed by atoms with van der Waals surface area (Å²) < 4.78 is 11.0. The van der Waals surface area contributed by atoms with Crippen LogP contribution < -0.4 is 5.32 Å². The highest BCUT2D eigenvalue weighted by Gasteiger charge is 2.11. The summed E-state index contributed by atoms with van der Waals surface area (Å²) in [5, 5.41) is 13.2. The molecule has 2 unspecified atom stereocenters. The van der Waals surface area contributed by atoms with Crippen LogP contribution in [-0.2, 0) is 10.8 Å². The highest BCUT2D eigenvalue weighted by atomic mass is 32.2. The first-order chi connectivity index (χ1) is 9.02. The van der Waals surface area contributed by atoms with Crippen LogP contribution in [0, 0.1) is 11.8 Å². The van der Waals surface area contributed by atoms with Crippen LogP contribution in [0.5, 0.6) is 0 Å². The first-order valence-electron chi connectivity index (χ1n) is 5.82. The molecule has 0 aliphatic carbocycles. The molecule has 104 valence electrons. The molecule has 0 aliphatic rings. The van der Waals surface area contributed by atoms with Gasteiger partial charge in [-0.1, -0.05) is 11.8 Å². The van der Waals surface area contributed by atoms with Crippen LogP contribution in [0.3, 0.4) is 0 Å². The van der Waals surface area contributed by atoms with Gasteiger partial charge in [0.2, 0.25) is 0 Å². The molecule has 1 amide bonds. The molecule has 2 N–H and O–H groups in total. The van der Waals surface area contributed by atoms with Gasteiger partial charge in [0.1, 0.15) is 6.61 Å². The number of aliphatic hydroxyl groups is 1. The smallest absolute Gasteiger partial charge is 0.252 e. The van der Waals surface area contributed by atoms with Crippen LogP contribution >= 0.6 is 11.3 Å². The Bertz CT molecular complexity index is 513. The predicted molar refractivity (Wildman–Crippen MR) is 78.8 cm³/mol. The second-order valence-corrected chi connectivity index (χ2v) is 6.57. The largest absolute Gasteiger partial charge is 0.384 e. The SMILES string of the molecule is CC(CCS(C)=O)NC(=O)c1csc(C#CCO)c1. The van der Waals surface area contributed by atoms with Gasteiger partial charge in [-0.2, -0.15) is 0 Å². The quantitative estimate of drug-likeness (QED) is 0.797. The summed E-state index contributed by atoms with van der Waals surface area (Å²) >= 11 is 1.37. The van der Waals surface area contributed by atoms with Crippen molar-refractivity contribution >= 4 is 28.0 Å². The molecule has 0 radical (unpaired) electrons. The van der Waals surface area contributed by atoms with Crippen molar-refractivity contribution in [2.24, 2.45) is 0 Å². The fourth-order valence-electron chi connectivity index (χ4n) is 1.37. The molecule has 0 aliphatic heterocycles. The number of hydrogen-bond donors (Lipinski definition) is 2. The highest BCUT2D eigenvalue weighted by Crippen LogP contribution is 2.13. The molecule has 0 aromatic carbocycles. The molecular weight excluding hydrogens is 282 g/mol. The molecule has 1 rings (SSSR count). The number of aliphatic hydroxyl groups excluding tert-OH is 1. The first kappa shape index (κ1) is 15.9. The highest BCUT2D eigenvalue weighted by molar-refractivity contribution is 7.84. The van der Waals surface area contributed by atoms with E-state index >= 15 is 0 Å². The van der Waals surface area contributed by atoms with E-state index in [1.807, 2.05) is 6.92 Å². The average molecular weight is 299 g/mol. The second kappa shape index (κ2) is 8.10. The molecule has 2 atom stereocenters. The lowest BCUT2D eigenvalue weighted by molar-refractivity contribution is 0.0940. The van der Waals surface area contributed by atoms with Gasteiger partial charge in [-0.25, -0.2) is 0 Å². The molecule has 0 spiro atoms. The normalized spacial score (nSPS) is 13.2. The van der Waals surface area contributed by atoms with Crippen molar-refractivity contribution in [3.05, 3.63) is 21.9 Å². The van der Waals surface area contributed by atoms with Crippen molar-refractivity contribution in [1.29, 1.82) is 0 Å². The third-order valence-electron chi connectivity index (χ3n) is 2.37. The van der Waals surface area contributed by atoms with Crippen LogP contribution in [-0.4, -0.2) is 39.9 Å². The Morgan fingerprint density at radius 2 is 2.37 bits per heavy atom. The van der Waals surface area contributed by atoms with Crippen molar-refractivity contribution in [3.8, 4) is 11.8 Å². The maximum Gasteiger partial charge on any atom is 0.252 e. The van der Waals surface area contributed by atoms with E-state index in [9.17, 15) is 9.00 Å². The number of rotatable bonds is 5. The van der Waals surface area contributed by atoms with E-state index in [-0.39, 0.29) is 18.6 Å². The minimum Gasteiger partial charge on any atom is -0.384 e. The number of hydrogen-bond acceptors (Lipinski definition) is 4. The molecule has 19 heavy (non-hydrogen) atoms. The van der Waals surface area contributed by atoms with E-state index in [2.05, 4.69) is 17.2 Å². The van der Waals surface area contributed by atoms with Gasteiger partial charge in [0.25, 0.3) is 5.91 Å². The van der Waals surface area contributed by atoms with E-state index in [0.717, 1.165) is 4.88 Å². The summed E-state index contributed by atoms with van der Waals surface area (Å²) in [6.45, 7) is 1.70. The molecular formula is C13H17NO3S2. The van der Waals surface area contributed by atoms with Crippen LogP contribution in [0.4, 0.5) is 0 Å². The summed E-state index contributed by atoms with van der Waals surface area (Å²) in [4.78, 5) is 12.7. The maximum absolute atomic E-state index is 11.9. The van der Waals surface area contributed by atoms with Gasteiger partial charge < -0.3 is 10.4 Å². The fourth-order valence-corrected chi connectivity index (χ4v) is 2.81. The van der Waals surface area contributed by atoms with Gasteiger partial charge in [0.05, 0.1) is 10.4 Å². The van der Waals surface area contributed by atoms with Gasteiger partial charge in [-0.15, -0.1) is 11.3 Å². The topological polar surface area (TPSA) is 66.4 Å². The Morgan fingerprint density at radius 1 is 1.63 bits per heavy atom. The Morgan fingerprint density at radius 3 is 3.00 bits per heavy atom. The lowest BCUT2D eigenvalue weighted by Gasteiger charge is -2.12. The van der Waals surface area contributed by atoms with E-state index in [4.69, 9.17) is 5.11 Å². The van der Waals surface area contributed by atoms with E-state index in [0.29, 0.717) is 17.7 Å². The summed E-state index contributed by atoms with van der Waals surface area (Å²) in [6, 6.07) is 1.69. The van der Waals surface area contributed by atoms with Gasteiger partial charge in [-0.05, 0) is 19.4 Å². The number of thiophene rings is 1. The maximum atomic E-state index is 11.9. The summed E-state index contributed by atoms with van der Waals surface area (Å²) in [6.07, 6.45) is 2.34. The zero-order chi connectivity index (χ0) is 14.3. The average Bonchev–Trinajstić information content (AvgIpc) is 2.82. The van der Waals surface area contributed by atoms with Crippen LogP contribution in [0.2, 0.25) is 0 Å². The lowest BCUT2D eigenvalue weighted by Crippen LogP contribution is -2.33. The molecule has 1 aromatic heterocycles. The molecule has 0 saturated carbocycles. The number of carbonyl (C=O) groups is 1. The van der Waals surface area contributed by atoms with Crippen molar-refractivity contribution in [3.63, 3.8) is 0 Å². The Balaban J connectivity index is 2.53. The summed E-state index contributed by atoms with van der Waals surface area (Å²) in [7, 11) is -0.836. The molecule has 1 heterocycles. The Hall–Kier alpha value is -1.16. The van der Waals surface area contributed by atoms with E-state index in [1.165, 1.54) is 11.3 Å². The predicted octanol–water partition coefficient (Wildman–Crippen LogP) is 0.979.